The number of benzene rings is 1. The number of nitrogens with zero attached hydrogens (tertiary/aromatic N) is 1. The summed E-state index contributed by atoms with van der Waals surface area (Å²) in [5.41, 5.74) is 6.55. The largest absolute Gasteiger partial charge is 0.508 e. The number of amides is 3. The molecule has 1 fully saturated rings. The third-order valence-electron chi connectivity index (χ3n) is 6.08. The Hall–Kier alpha value is -3.14. The van der Waals surface area contributed by atoms with Gasteiger partial charge in [0.1, 0.15) is 23.9 Å². The van der Waals surface area contributed by atoms with Gasteiger partial charge in [-0.1, -0.05) is 39.8 Å². The summed E-state index contributed by atoms with van der Waals surface area (Å²) in [5.74, 6) is -2.85. The van der Waals surface area contributed by atoms with Gasteiger partial charge in [-0.05, 0) is 42.4 Å². The van der Waals surface area contributed by atoms with Crippen LogP contribution in [-0.2, 0) is 25.6 Å². The second kappa shape index (κ2) is 11.8. The van der Waals surface area contributed by atoms with E-state index in [1.165, 1.54) is 17.0 Å². The molecule has 34 heavy (non-hydrogen) atoms. The maximum absolute atomic E-state index is 13.3. The summed E-state index contributed by atoms with van der Waals surface area (Å²) in [6, 6.07) is 2.42. The van der Waals surface area contributed by atoms with Crippen molar-refractivity contribution < 1.29 is 29.4 Å². The number of hydrogen-bond acceptors (Lipinski definition) is 6. The molecule has 3 amide bonds. The fourth-order valence-electron chi connectivity index (χ4n) is 3.88. The van der Waals surface area contributed by atoms with E-state index in [2.05, 4.69) is 10.6 Å². The van der Waals surface area contributed by atoms with Crippen molar-refractivity contribution in [1.29, 1.82) is 0 Å². The normalized spacial score (nSPS) is 18.4. The lowest BCUT2D eigenvalue weighted by molar-refractivity contribution is -0.145. The van der Waals surface area contributed by atoms with Crippen LogP contribution in [0.3, 0.4) is 0 Å². The van der Waals surface area contributed by atoms with E-state index in [0.29, 0.717) is 24.9 Å². The van der Waals surface area contributed by atoms with Crippen molar-refractivity contribution in [2.45, 2.75) is 71.1 Å². The molecular formula is C24H36N4O6. The molecule has 0 radical (unpaired) electrons. The quantitative estimate of drug-likeness (QED) is 0.330. The van der Waals surface area contributed by atoms with Crippen LogP contribution in [0.1, 0.15) is 46.1 Å². The maximum atomic E-state index is 13.3. The molecule has 1 aromatic rings. The van der Waals surface area contributed by atoms with Crippen LogP contribution in [0.4, 0.5) is 0 Å². The molecule has 6 N–H and O–H groups in total. The first-order chi connectivity index (χ1) is 15.9. The smallest absolute Gasteiger partial charge is 0.326 e. The number of carboxylic acid groups (broad SMARTS) is 1. The zero-order valence-corrected chi connectivity index (χ0v) is 20.2. The third-order valence-corrected chi connectivity index (χ3v) is 6.08. The first-order valence-corrected chi connectivity index (χ1v) is 11.6. The molecule has 188 valence electrons. The van der Waals surface area contributed by atoms with Crippen LogP contribution in [0.25, 0.3) is 0 Å². The fraction of sp³-hybridized carbons (Fsp3) is 0.583. The minimum absolute atomic E-state index is 0.0276. The third kappa shape index (κ3) is 6.93. The van der Waals surface area contributed by atoms with Gasteiger partial charge in [0.15, 0.2) is 0 Å². The van der Waals surface area contributed by atoms with E-state index in [0.717, 1.165) is 0 Å². The minimum Gasteiger partial charge on any atom is -0.508 e. The number of nitrogens with one attached hydrogen (secondary N) is 2. The van der Waals surface area contributed by atoms with Crippen LogP contribution in [0.15, 0.2) is 24.3 Å². The highest BCUT2D eigenvalue weighted by Crippen LogP contribution is 2.21. The maximum Gasteiger partial charge on any atom is 0.326 e. The Morgan fingerprint density at radius 3 is 2.21 bits per heavy atom. The average molecular weight is 477 g/mol. The fourth-order valence-corrected chi connectivity index (χ4v) is 3.88. The molecule has 4 unspecified atom stereocenters. The van der Waals surface area contributed by atoms with E-state index in [1.54, 1.807) is 26.0 Å². The summed E-state index contributed by atoms with van der Waals surface area (Å²) in [6.45, 7) is 7.56. The predicted octanol–water partition coefficient (Wildman–Crippen LogP) is 0.619. The summed E-state index contributed by atoms with van der Waals surface area (Å²) in [4.78, 5) is 52.0. The van der Waals surface area contributed by atoms with Crippen molar-refractivity contribution in [2.75, 3.05) is 6.54 Å². The lowest BCUT2D eigenvalue weighted by atomic mass is 9.99. The number of carbonyl (C=O) groups is 4. The van der Waals surface area contributed by atoms with E-state index < -0.39 is 42.0 Å². The van der Waals surface area contributed by atoms with Crippen LogP contribution >= 0.6 is 0 Å². The van der Waals surface area contributed by atoms with Gasteiger partial charge < -0.3 is 31.5 Å². The average Bonchev–Trinajstić information content (AvgIpc) is 3.27. The lowest BCUT2D eigenvalue weighted by Gasteiger charge is -2.31. The standard InChI is InChI=1S/C24H36N4O6/c1-13(2)19(25)22(31)27-20(14(3)4)23(32)28-11-5-6-18(28)21(30)26-17(24(33)34)12-15-7-9-16(29)10-8-15/h7-10,13-14,17-20,29H,5-6,11-12,25H2,1-4H3,(H,26,30)(H,27,31)(H,33,34). The molecule has 1 aromatic carbocycles. The Morgan fingerprint density at radius 1 is 1.06 bits per heavy atom. The van der Waals surface area contributed by atoms with Gasteiger partial charge in [0.25, 0.3) is 0 Å². The van der Waals surface area contributed by atoms with E-state index in [4.69, 9.17) is 5.73 Å². The van der Waals surface area contributed by atoms with Crippen molar-refractivity contribution in [3.8, 4) is 5.75 Å². The van der Waals surface area contributed by atoms with E-state index in [9.17, 15) is 29.4 Å². The Morgan fingerprint density at radius 2 is 1.68 bits per heavy atom. The van der Waals surface area contributed by atoms with Gasteiger partial charge in [-0.15, -0.1) is 0 Å². The number of hydrogen-bond donors (Lipinski definition) is 5. The van der Waals surface area contributed by atoms with E-state index in [-0.39, 0.29) is 29.9 Å². The molecule has 2 rings (SSSR count). The van der Waals surface area contributed by atoms with Crippen molar-refractivity contribution in [3.63, 3.8) is 0 Å². The van der Waals surface area contributed by atoms with Gasteiger partial charge in [-0.2, -0.15) is 0 Å². The molecule has 1 aliphatic heterocycles. The van der Waals surface area contributed by atoms with Crippen LogP contribution in [-0.4, -0.2) is 69.5 Å². The molecule has 0 aromatic heterocycles. The van der Waals surface area contributed by atoms with Gasteiger partial charge in [0, 0.05) is 13.0 Å². The van der Waals surface area contributed by atoms with Crippen LogP contribution in [0.5, 0.6) is 5.75 Å². The van der Waals surface area contributed by atoms with Crippen molar-refractivity contribution in [3.05, 3.63) is 29.8 Å². The molecule has 10 heteroatoms. The second-order valence-corrected chi connectivity index (χ2v) is 9.46. The zero-order chi connectivity index (χ0) is 25.6. The van der Waals surface area contributed by atoms with Gasteiger partial charge in [-0.3, -0.25) is 14.4 Å². The van der Waals surface area contributed by atoms with Gasteiger partial charge in [0.2, 0.25) is 17.7 Å². The van der Waals surface area contributed by atoms with Gasteiger partial charge in [-0.25, -0.2) is 4.79 Å². The summed E-state index contributed by atoms with van der Waals surface area (Å²) < 4.78 is 0. The first kappa shape index (κ1) is 27.1. The highest BCUT2D eigenvalue weighted by atomic mass is 16.4. The highest BCUT2D eigenvalue weighted by Gasteiger charge is 2.40. The highest BCUT2D eigenvalue weighted by molar-refractivity contribution is 5.94. The SMILES string of the molecule is CC(C)C(N)C(=O)NC(C(=O)N1CCCC1C(=O)NC(Cc1ccc(O)cc1)C(=O)O)C(C)C. The molecule has 4 atom stereocenters. The van der Waals surface area contributed by atoms with Crippen molar-refractivity contribution >= 4 is 23.7 Å². The summed E-state index contributed by atoms with van der Waals surface area (Å²) >= 11 is 0. The summed E-state index contributed by atoms with van der Waals surface area (Å²) in [7, 11) is 0. The molecule has 0 spiro atoms. The van der Waals surface area contributed by atoms with Gasteiger partial charge >= 0.3 is 5.97 Å². The van der Waals surface area contributed by atoms with E-state index in [1.807, 2.05) is 13.8 Å². The lowest BCUT2D eigenvalue weighted by Crippen LogP contribution is -2.58. The summed E-state index contributed by atoms with van der Waals surface area (Å²) in [5, 5.41) is 24.3. The zero-order valence-electron chi connectivity index (χ0n) is 20.2. The van der Waals surface area contributed by atoms with Crippen LogP contribution < -0.4 is 16.4 Å². The Kier molecular flexibility index (Phi) is 9.43. The van der Waals surface area contributed by atoms with Gasteiger partial charge in [0.05, 0.1) is 6.04 Å². The number of phenols is 1. The number of phenolic OH excluding ortho intramolecular Hbond substituents is 1. The molecule has 1 heterocycles. The van der Waals surface area contributed by atoms with E-state index >= 15 is 0 Å². The number of aromatic hydroxyl groups is 1. The molecule has 0 saturated carbocycles. The van der Waals surface area contributed by atoms with Crippen LogP contribution in [0.2, 0.25) is 0 Å². The summed E-state index contributed by atoms with van der Waals surface area (Å²) in [6.07, 6.45) is 1.01. The minimum atomic E-state index is -1.20. The Bertz CT molecular complexity index is 886. The first-order valence-electron chi connectivity index (χ1n) is 11.6. The molecule has 1 aliphatic rings. The second-order valence-electron chi connectivity index (χ2n) is 9.46. The van der Waals surface area contributed by atoms with Crippen molar-refractivity contribution in [2.24, 2.45) is 17.6 Å². The Balaban J connectivity index is 2.12. The number of nitrogens with two attached hydrogens (primary N) is 1. The monoisotopic (exact) mass is 476 g/mol. The topological polar surface area (TPSA) is 162 Å². The number of aliphatic carboxylic acids is 1. The van der Waals surface area contributed by atoms with Crippen LogP contribution in [0, 0.1) is 11.8 Å². The number of carboxylic acids is 1. The Labute approximate surface area is 199 Å². The number of likely N-dealkylation sites (tertiary alicyclic amines) is 1. The molecular weight excluding hydrogens is 440 g/mol. The predicted molar refractivity (Wildman–Crippen MR) is 126 cm³/mol. The molecule has 0 aliphatic carbocycles. The molecule has 10 nitrogen and oxygen atoms in total. The molecule has 0 bridgehead atoms. The van der Waals surface area contributed by atoms with Crippen molar-refractivity contribution in [1.82, 2.24) is 15.5 Å². The molecule has 1 saturated heterocycles. The number of carbonyl (C=O) groups excluding carboxylic acids is 3. The number of rotatable bonds is 10.